The molecule has 1 aliphatic carbocycles. The standard InChI is InChI=1S/C21H18F4N2O2/c22-18-3-1-12-10-26-6-5-16(12)17(18)11-27-13-7-15(8-13)28-14-2-4-20(19(23)9-14)29-21(24)25/h1-6,9-10,13,15,21,27H,7-8,11H2. The second kappa shape index (κ2) is 8.24. The van der Waals surface area contributed by atoms with Crippen LogP contribution in [0.2, 0.25) is 0 Å². The maximum atomic E-state index is 14.2. The van der Waals surface area contributed by atoms with Crippen molar-refractivity contribution >= 4 is 10.8 Å². The van der Waals surface area contributed by atoms with E-state index in [4.69, 9.17) is 4.74 Å². The molecule has 29 heavy (non-hydrogen) atoms. The average molecular weight is 406 g/mol. The summed E-state index contributed by atoms with van der Waals surface area (Å²) in [5, 5.41) is 5.01. The molecule has 0 bridgehead atoms. The molecule has 1 heterocycles. The summed E-state index contributed by atoms with van der Waals surface area (Å²) < 4.78 is 62.0. The van der Waals surface area contributed by atoms with E-state index in [0.29, 0.717) is 24.9 Å². The predicted molar refractivity (Wildman–Crippen MR) is 99.0 cm³/mol. The minimum absolute atomic E-state index is 0.129. The molecule has 0 unspecified atom stereocenters. The molecule has 0 atom stereocenters. The number of nitrogens with one attached hydrogen (secondary N) is 1. The first kappa shape index (κ1) is 19.4. The van der Waals surface area contributed by atoms with Crippen LogP contribution in [0, 0.1) is 11.6 Å². The summed E-state index contributed by atoms with van der Waals surface area (Å²) in [5.41, 5.74) is 0.589. The Kier molecular flexibility index (Phi) is 5.53. The summed E-state index contributed by atoms with van der Waals surface area (Å²) >= 11 is 0. The summed E-state index contributed by atoms with van der Waals surface area (Å²) in [6.07, 6.45) is 4.54. The normalized spacial score (nSPS) is 18.7. The Morgan fingerprint density at radius 2 is 1.90 bits per heavy atom. The maximum Gasteiger partial charge on any atom is 0.387 e. The number of halogens is 4. The van der Waals surface area contributed by atoms with Gasteiger partial charge in [0, 0.05) is 42.0 Å². The fourth-order valence-electron chi connectivity index (χ4n) is 3.40. The zero-order chi connectivity index (χ0) is 20.4. The molecule has 1 aromatic heterocycles. The molecule has 1 fully saturated rings. The molecule has 0 spiro atoms. The second-order valence-electron chi connectivity index (χ2n) is 6.88. The summed E-state index contributed by atoms with van der Waals surface area (Å²) in [6, 6.07) is 8.60. The lowest BCUT2D eigenvalue weighted by Crippen LogP contribution is -2.46. The summed E-state index contributed by atoms with van der Waals surface area (Å²) in [5.74, 6) is -1.45. The first-order chi connectivity index (χ1) is 14.0. The molecule has 1 N–H and O–H groups in total. The van der Waals surface area contributed by atoms with Crippen molar-refractivity contribution in [3.63, 3.8) is 0 Å². The van der Waals surface area contributed by atoms with E-state index in [1.54, 1.807) is 24.5 Å². The smallest absolute Gasteiger partial charge is 0.387 e. The molecule has 0 saturated heterocycles. The number of nitrogens with zero attached hydrogens (tertiary/aromatic N) is 1. The second-order valence-corrected chi connectivity index (χ2v) is 6.88. The van der Waals surface area contributed by atoms with Gasteiger partial charge in [0.15, 0.2) is 11.6 Å². The van der Waals surface area contributed by atoms with E-state index in [2.05, 4.69) is 15.0 Å². The van der Waals surface area contributed by atoms with Crippen LogP contribution in [0.4, 0.5) is 17.6 Å². The Bertz CT molecular complexity index is 1010. The molecule has 4 nitrogen and oxygen atoms in total. The molecule has 152 valence electrons. The largest absolute Gasteiger partial charge is 0.490 e. The molecule has 2 aromatic carbocycles. The molecular weight excluding hydrogens is 388 g/mol. The first-order valence-electron chi connectivity index (χ1n) is 9.15. The van der Waals surface area contributed by atoms with Crippen LogP contribution in [0.3, 0.4) is 0 Å². The van der Waals surface area contributed by atoms with Gasteiger partial charge in [-0.1, -0.05) is 0 Å². The maximum absolute atomic E-state index is 14.2. The Labute approximate surface area is 164 Å². The van der Waals surface area contributed by atoms with Gasteiger partial charge in [-0.3, -0.25) is 4.98 Å². The van der Waals surface area contributed by atoms with Crippen molar-refractivity contribution in [2.45, 2.75) is 38.1 Å². The van der Waals surface area contributed by atoms with Gasteiger partial charge < -0.3 is 14.8 Å². The highest BCUT2D eigenvalue weighted by Gasteiger charge is 2.31. The minimum Gasteiger partial charge on any atom is -0.490 e. The Morgan fingerprint density at radius 1 is 1.07 bits per heavy atom. The van der Waals surface area contributed by atoms with Gasteiger partial charge >= 0.3 is 6.61 Å². The molecule has 8 heteroatoms. The topological polar surface area (TPSA) is 43.4 Å². The Balaban J connectivity index is 1.30. The Hall–Kier alpha value is -2.87. The monoisotopic (exact) mass is 406 g/mol. The van der Waals surface area contributed by atoms with Crippen LogP contribution in [0.1, 0.15) is 18.4 Å². The third-order valence-electron chi connectivity index (χ3n) is 4.96. The lowest BCUT2D eigenvalue weighted by molar-refractivity contribution is -0.0522. The van der Waals surface area contributed by atoms with Crippen LogP contribution in [0.15, 0.2) is 48.8 Å². The molecule has 3 aromatic rings. The van der Waals surface area contributed by atoms with Gasteiger partial charge in [-0.15, -0.1) is 0 Å². The van der Waals surface area contributed by atoms with Crippen molar-refractivity contribution in [3.05, 3.63) is 66.0 Å². The zero-order valence-corrected chi connectivity index (χ0v) is 15.2. The van der Waals surface area contributed by atoms with Gasteiger partial charge in [0.05, 0.1) is 0 Å². The molecule has 0 amide bonds. The number of ether oxygens (including phenoxy) is 2. The van der Waals surface area contributed by atoms with Gasteiger partial charge in [-0.05, 0) is 48.6 Å². The van der Waals surface area contributed by atoms with Crippen LogP contribution in [0.5, 0.6) is 11.5 Å². The van der Waals surface area contributed by atoms with Crippen molar-refractivity contribution in [1.82, 2.24) is 10.3 Å². The number of aromatic nitrogens is 1. The fourth-order valence-corrected chi connectivity index (χ4v) is 3.40. The highest BCUT2D eigenvalue weighted by Crippen LogP contribution is 2.30. The van der Waals surface area contributed by atoms with Gasteiger partial charge in [0.1, 0.15) is 17.7 Å². The van der Waals surface area contributed by atoms with E-state index < -0.39 is 18.2 Å². The SMILES string of the molecule is Fc1cc(OC2CC(NCc3c(F)ccc4cnccc34)C2)ccc1OC(F)F. The van der Waals surface area contributed by atoms with Gasteiger partial charge in [-0.25, -0.2) is 8.78 Å². The van der Waals surface area contributed by atoms with E-state index in [1.807, 2.05) is 0 Å². The number of hydrogen-bond donors (Lipinski definition) is 1. The van der Waals surface area contributed by atoms with Crippen molar-refractivity contribution < 1.29 is 27.0 Å². The summed E-state index contributed by atoms with van der Waals surface area (Å²) in [6.45, 7) is -2.71. The minimum atomic E-state index is -3.09. The third-order valence-corrected chi connectivity index (χ3v) is 4.96. The van der Waals surface area contributed by atoms with Crippen LogP contribution < -0.4 is 14.8 Å². The van der Waals surface area contributed by atoms with Gasteiger partial charge in [-0.2, -0.15) is 8.78 Å². The number of hydrogen-bond acceptors (Lipinski definition) is 4. The first-order valence-corrected chi connectivity index (χ1v) is 9.15. The highest BCUT2D eigenvalue weighted by atomic mass is 19.3. The van der Waals surface area contributed by atoms with Crippen LogP contribution in [-0.2, 0) is 6.54 Å². The van der Waals surface area contributed by atoms with E-state index in [1.165, 1.54) is 12.1 Å². The molecule has 1 aliphatic rings. The van der Waals surface area contributed by atoms with E-state index in [9.17, 15) is 17.6 Å². The van der Waals surface area contributed by atoms with Crippen molar-refractivity contribution in [2.75, 3.05) is 0 Å². The quantitative estimate of drug-likeness (QED) is 0.572. The number of benzene rings is 2. The number of pyridine rings is 1. The third kappa shape index (κ3) is 4.42. The van der Waals surface area contributed by atoms with Crippen molar-refractivity contribution in [3.8, 4) is 11.5 Å². The van der Waals surface area contributed by atoms with Crippen LogP contribution in [0.25, 0.3) is 10.8 Å². The molecule has 4 rings (SSSR count). The summed E-state index contributed by atoms with van der Waals surface area (Å²) in [7, 11) is 0. The number of fused-ring (bicyclic) bond motifs is 1. The van der Waals surface area contributed by atoms with Crippen LogP contribution in [-0.4, -0.2) is 23.7 Å². The van der Waals surface area contributed by atoms with E-state index >= 15 is 0 Å². The van der Waals surface area contributed by atoms with E-state index in [0.717, 1.165) is 22.9 Å². The fraction of sp³-hybridized carbons (Fsp3) is 0.286. The highest BCUT2D eigenvalue weighted by molar-refractivity contribution is 5.84. The summed E-state index contributed by atoms with van der Waals surface area (Å²) in [4.78, 5) is 4.05. The van der Waals surface area contributed by atoms with E-state index in [-0.39, 0.29) is 23.7 Å². The van der Waals surface area contributed by atoms with Crippen molar-refractivity contribution in [2.24, 2.45) is 0 Å². The number of alkyl halides is 2. The molecular formula is C21H18F4N2O2. The predicted octanol–water partition coefficient (Wildman–Crippen LogP) is 4.81. The lowest BCUT2D eigenvalue weighted by atomic mass is 9.89. The van der Waals surface area contributed by atoms with Crippen molar-refractivity contribution in [1.29, 1.82) is 0 Å². The number of rotatable bonds is 7. The zero-order valence-electron chi connectivity index (χ0n) is 15.2. The molecule has 0 radical (unpaired) electrons. The lowest BCUT2D eigenvalue weighted by Gasteiger charge is -2.36. The van der Waals surface area contributed by atoms with Gasteiger partial charge in [0.2, 0.25) is 0 Å². The van der Waals surface area contributed by atoms with Crippen LogP contribution >= 0.6 is 0 Å². The average Bonchev–Trinajstić information content (AvgIpc) is 2.66. The molecule has 0 aliphatic heterocycles. The Morgan fingerprint density at radius 3 is 2.66 bits per heavy atom. The van der Waals surface area contributed by atoms with Gasteiger partial charge in [0.25, 0.3) is 0 Å². The molecule has 1 saturated carbocycles.